The molecule has 0 unspecified atom stereocenters. The lowest BCUT2D eigenvalue weighted by atomic mass is 9.99. The summed E-state index contributed by atoms with van der Waals surface area (Å²) in [7, 11) is 3.86. The van der Waals surface area contributed by atoms with Crippen molar-refractivity contribution in [2.75, 3.05) is 30.4 Å². The number of benzene rings is 3. The summed E-state index contributed by atoms with van der Waals surface area (Å²) in [5.74, 6) is -0.383. The third kappa shape index (κ3) is 4.45. The number of hydrogen-bond acceptors (Lipinski definition) is 3. The molecule has 5 heteroatoms. The van der Waals surface area contributed by atoms with Crippen molar-refractivity contribution in [1.29, 1.82) is 0 Å². The third-order valence-electron chi connectivity index (χ3n) is 5.66. The fraction of sp³-hybridized carbons (Fsp3) is 0.231. The number of nitrogens with zero attached hydrogens (tertiary/aromatic N) is 2. The largest absolute Gasteiger partial charge is 0.378 e. The van der Waals surface area contributed by atoms with Crippen molar-refractivity contribution >= 4 is 23.2 Å². The van der Waals surface area contributed by atoms with Crippen LogP contribution in [0.2, 0.25) is 0 Å². The lowest BCUT2D eigenvalue weighted by molar-refractivity contribution is -0.120. The maximum Gasteiger partial charge on any atom is 0.254 e. The van der Waals surface area contributed by atoms with Crippen LogP contribution in [0.15, 0.2) is 78.9 Å². The molecule has 158 valence electrons. The van der Waals surface area contributed by atoms with E-state index in [4.69, 9.17) is 0 Å². The number of aryl methyl sites for hydroxylation is 1. The normalized spacial score (nSPS) is 13.8. The van der Waals surface area contributed by atoms with Crippen molar-refractivity contribution < 1.29 is 9.59 Å². The minimum atomic E-state index is -0.761. The maximum atomic E-state index is 13.7. The highest BCUT2D eigenvalue weighted by Crippen LogP contribution is 2.29. The summed E-state index contributed by atoms with van der Waals surface area (Å²) in [4.78, 5) is 30.6. The van der Waals surface area contributed by atoms with Gasteiger partial charge in [0, 0.05) is 37.6 Å². The maximum absolute atomic E-state index is 13.7. The molecule has 1 aliphatic heterocycles. The molecule has 0 saturated carbocycles. The molecular weight excluding hydrogens is 386 g/mol. The Morgan fingerprint density at radius 2 is 1.68 bits per heavy atom. The van der Waals surface area contributed by atoms with Crippen LogP contribution in [0.4, 0.5) is 11.4 Å². The molecule has 0 radical (unpaired) electrons. The Bertz CT molecular complexity index is 1080. The van der Waals surface area contributed by atoms with Crippen molar-refractivity contribution in [3.05, 3.63) is 95.6 Å². The zero-order chi connectivity index (χ0) is 21.8. The molecule has 4 rings (SSSR count). The van der Waals surface area contributed by atoms with Crippen molar-refractivity contribution in [3.63, 3.8) is 0 Å². The monoisotopic (exact) mass is 413 g/mol. The van der Waals surface area contributed by atoms with Crippen LogP contribution >= 0.6 is 0 Å². The lowest BCUT2D eigenvalue weighted by Gasteiger charge is -2.32. The van der Waals surface area contributed by atoms with Crippen LogP contribution in [0.3, 0.4) is 0 Å². The number of carbonyl (C=O) groups is 2. The molecular formula is C26H27N3O2. The average Bonchev–Trinajstić information content (AvgIpc) is 2.82. The number of fused-ring (bicyclic) bond motifs is 1. The highest BCUT2D eigenvalue weighted by molar-refractivity contribution is 6.03. The van der Waals surface area contributed by atoms with Crippen molar-refractivity contribution in [3.8, 4) is 0 Å². The Labute approximate surface area is 183 Å². The van der Waals surface area contributed by atoms with Crippen molar-refractivity contribution in [1.82, 2.24) is 5.32 Å². The molecule has 0 fully saturated rings. The van der Waals surface area contributed by atoms with E-state index in [9.17, 15) is 9.59 Å². The molecule has 1 atom stereocenters. The summed E-state index contributed by atoms with van der Waals surface area (Å²) < 4.78 is 0. The molecule has 3 aromatic rings. The van der Waals surface area contributed by atoms with Crippen LogP contribution < -0.4 is 15.1 Å². The molecule has 0 aromatic heterocycles. The first kappa shape index (κ1) is 20.7. The molecule has 1 heterocycles. The Morgan fingerprint density at radius 1 is 0.935 bits per heavy atom. The first-order valence-electron chi connectivity index (χ1n) is 10.6. The fourth-order valence-electron chi connectivity index (χ4n) is 3.99. The first-order chi connectivity index (χ1) is 15.0. The van der Waals surface area contributed by atoms with Crippen LogP contribution in [0.25, 0.3) is 0 Å². The standard InChI is InChI=1S/C26H27N3O2/c1-28(2)22-15-8-13-21(18-22)25(30)27-24(20-11-4-3-5-12-20)26(31)29-17-9-14-19-10-6-7-16-23(19)29/h3-8,10-13,15-16,18,24H,9,14,17H2,1-2H3,(H,27,30)/t24-/m0/s1. The van der Waals surface area contributed by atoms with Crippen molar-refractivity contribution in [2.24, 2.45) is 0 Å². The molecule has 1 N–H and O–H groups in total. The number of para-hydroxylation sites is 1. The summed E-state index contributed by atoms with van der Waals surface area (Å²) >= 11 is 0. The van der Waals surface area contributed by atoms with Gasteiger partial charge in [0.2, 0.25) is 0 Å². The molecule has 1 aliphatic rings. The Morgan fingerprint density at radius 3 is 2.45 bits per heavy atom. The van der Waals surface area contributed by atoms with Crippen LogP contribution in [-0.4, -0.2) is 32.5 Å². The summed E-state index contributed by atoms with van der Waals surface area (Å²) in [5.41, 5.74) is 4.33. The number of amides is 2. The Hall–Kier alpha value is -3.60. The Balaban J connectivity index is 1.65. The van der Waals surface area contributed by atoms with E-state index in [0.717, 1.165) is 29.8 Å². The van der Waals surface area contributed by atoms with E-state index in [1.54, 1.807) is 6.07 Å². The second-order valence-corrected chi connectivity index (χ2v) is 7.98. The van der Waals surface area contributed by atoms with Gasteiger partial charge in [-0.25, -0.2) is 0 Å². The van der Waals surface area contributed by atoms with Crippen molar-refractivity contribution in [2.45, 2.75) is 18.9 Å². The highest BCUT2D eigenvalue weighted by atomic mass is 16.2. The summed E-state index contributed by atoms with van der Waals surface area (Å²) in [6.45, 7) is 0.644. The highest BCUT2D eigenvalue weighted by Gasteiger charge is 2.31. The summed E-state index contributed by atoms with van der Waals surface area (Å²) in [6, 6.07) is 24.1. The van der Waals surface area contributed by atoms with E-state index in [0.29, 0.717) is 12.1 Å². The first-order valence-corrected chi connectivity index (χ1v) is 10.6. The zero-order valence-electron chi connectivity index (χ0n) is 17.9. The summed E-state index contributed by atoms with van der Waals surface area (Å²) in [6.07, 6.45) is 1.86. The van der Waals surface area contributed by atoms with Crippen LogP contribution in [-0.2, 0) is 11.2 Å². The minimum absolute atomic E-state index is 0.115. The van der Waals surface area contributed by atoms with E-state index < -0.39 is 6.04 Å². The van der Waals surface area contributed by atoms with Crippen LogP contribution in [0.5, 0.6) is 0 Å². The van der Waals surface area contributed by atoms with Gasteiger partial charge in [-0.3, -0.25) is 9.59 Å². The minimum Gasteiger partial charge on any atom is -0.378 e. The number of rotatable bonds is 5. The van der Waals surface area contributed by atoms with E-state index in [-0.39, 0.29) is 11.8 Å². The topological polar surface area (TPSA) is 52.7 Å². The van der Waals surface area contributed by atoms with Gasteiger partial charge in [-0.05, 0) is 48.2 Å². The van der Waals surface area contributed by atoms with E-state index in [1.165, 1.54) is 5.56 Å². The molecule has 0 bridgehead atoms. The Kier molecular flexibility index (Phi) is 6.03. The molecule has 3 aromatic carbocycles. The van der Waals surface area contributed by atoms with E-state index >= 15 is 0 Å². The lowest BCUT2D eigenvalue weighted by Crippen LogP contribution is -2.45. The second-order valence-electron chi connectivity index (χ2n) is 7.98. The smallest absolute Gasteiger partial charge is 0.254 e. The van der Waals surface area contributed by atoms with Gasteiger partial charge < -0.3 is 15.1 Å². The van der Waals surface area contributed by atoms with Gasteiger partial charge >= 0.3 is 0 Å². The number of anilines is 2. The fourth-order valence-corrected chi connectivity index (χ4v) is 3.99. The number of hydrogen-bond donors (Lipinski definition) is 1. The zero-order valence-corrected chi connectivity index (χ0v) is 17.9. The predicted octanol–water partition coefficient (Wildman–Crippen LogP) is 4.20. The summed E-state index contributed by atoms with van der Waals surface area (Å²) in [5, 5.41) is 2.99. The van der Waals surface area contributed by atoms with Gasteiger partial charge in [0.25, 0.3) is 11.8 Å². The van der Waals surface area contributed by atoms with Gasteiger partial charge in [-0.1, -0.05) is 54.6 Å². The van der Waals surface area contributed by atoms with E-state index in [2.05, 4.69) is 11.4 Å². The van der Waals surface area contributed by atoms with Gasteiger partial charge in [0.1, 0.15) is 6.04 Å². The SMILES string of the molecule is CN(C)c1cccc(C(=O)N[C@H](C(=O)N2CCCc3ccccc32)c2ccccc2)c1. The second kappa shape index (κ2) is 9.04. The number of carbonyl (C=O) groups excluding carboxylic acids is 2. The molecule has 2 amide bonds. The van der Waals surface area contributed by atoms with Gasteiger partial charge in [0.15, 0.2) is 0 Å². The molecule has 0 saturated heterocycles. The number of nitrogens with one attached hydrogen (secondary N) is 1. The molecule has 0 aliphatic carbocycles. The predicted molar refractivity (Wildman–Crippen MR) is 125 cm³/mol. The van der Waals surface area contributed by atoms with Gasteiger partial charge in [-0.15, -0.1) is 0 Å². The van der Waals surface area contributed by atoms with Crippen LogP contribution in [0.1, 0.15) is 33.9 Å². The van der Waals surface area contributed by atoms with Gasteiger partial charge in [-0.2, -0.15) is 0 Å². The average molecular weight is 414 g/mol. The quantitative estimate of drug-likeness (QED) is 0.682. The molecule has 0 spiro atoms. The molecule has 31 heavy (non-hydrogen) atoms. The molecule has 5 nitrogen and oxygen atoms in total. The third-order valence-corrected chi connectivity index (χ3v) is 5.66. The van der Waals surface area contributed by atoms with Gasteiger partial charge in [0.05, 0.1) is 0 Å². The van der Waals surface area contributed by atoms with Crippen LogP contribution in [0, 0.1) is 0 Å². The van der Waals surface area contributed by atoms with E-state index in [1.807, 2.05) is 90.6 Å².